The van der Waals surface area contributed by atoms with Crippen molar-refractivity contribution in [3.63, 3.8) is 0 Å². The second kappa shape index (κ2) is 3.54. The van der Waals surface area contributed by atoms with E-state index in [9.17, 15) is 9.59 Å². The molecule has 1 atom stereocenters. The van der Waals surface area contributed by atoms with Crippen LogP contribution in [0.2, 0.25) is 0 Å². The number of ketones is 1. The summed E-state index contributed by atoms with van der Waals surface area (Å²) in [6.07, 6.45) is 4.13. The van der Waals surface area contributed by atoms with Crippen molar-refractivity contribution in [1.29, 1.82) is 0 Å². The molecule has 1 rings (SSSR count). The number of hydrogen-bond acceptors (Lipinski definition) is 2. The first-order chi connectivity index (χ1) is 5.59. The maximum atomic E-state index is 11.1. The van der Waals surface area contributed by atoms with Gasteiger partial charge in [-0.15, -0.1) is 0 Å². The van der Waals surface area contributed by atoms with Gasteiger partial charge in [-0.05, 0) is 6.08 Å². The Bertz CT molecular complexity index is 278. The fourth-order valence-corrected chi connectivity index (χ4v) is 1.13. The van der Waals surface area contributed by atoms with Crippen LogP contribution < -0.4 is 0 Å². The molecule has 0 aromatic heterocycles. The van der Waals surface area contributed by atoms with Crippen molar-refractivity contribution in [1.82, 2.24) is 0 Å². The largest absolute Gasteiger partial charge is 0.481 e. The standard InChI is InChI=1S/C8H7ClO3/c9-6-2-1-5(3-8(11)12)7(10)4-6/h1-2,4-5H,3H2,(H,11,12). The number of allylic oxidation sites excluding steroid dienone is 4. The second-order valence-electron chi connectivity index (χ2n) is 2.50. The third-order valence-corrected chi connectivity index (χ3v) is 1.76. The minimum atomic E-state index is -0.982. The van der Waals surface area contributed by atoms with E-state index in [-0.39, 0.29) is 12.2 Å². The van der Waals surface area contributed by atoms with Gasteiger partial charge in [-0.2, -0.15) is 0 Å². The fraction of sp³-hybridized carbons (Fsp3) is 0.250. The molecule has 0 bridgehead atoms. The van der Waals surface area contributed by atoms with E-state index in [1.807, 2.05) is 0 Å². The molecule has 64 valence electrons. The molecule has 0 amide bonds. The van der Waals surface area contributed by atoms with Gasteiger partial charge >= 0.3 is 5.97 Å². The van der Waals surface area contributed by atoms with Gasteiger partial charge in [0.25, 0.3) is 0 Å². The molecule has 0 fully saturated rings. The summed E-state index contributed by atoms with van der Waals surface area (Å²) in [5, 5.41) is 8.76. The summed E-state index contributed by atoms with van der Waals surface area (Å²) in [6, 6.07) is 0. The average molecular weight is 187 g/mol. The minimum Gasteiger partial charge on any atom is -0.481 e. The van der Waals surface area contributed by atoms with Gasteiger partial charge in [-0.25, -0.2) is 0 Å². The Balaban J connectivity index is 2.66. The van der Waals surface area contributed by atoms with Gasteiger partial charge in [0, 0.05) is 11.1 Å². The lowest BCUT2D eigenvalue weighted by Gasteiger charge is -2.09. The summed E-state index contributed by atoms with van der Waals surface area (Å²) >= 11 is 5.52. The van der Waals surface area contributed by atoms with Crippen molar-refractivity contribution in [2.75, 3.05) is 0 Å². The third kappa shape index (κ3) is 2.20. The van der Waals surface area contributed by atoms with Crippen LogP contribution in [0.3, 0.4) is 0 Å². The lowest BCUT2D eigenvalue weighted by atomic mass is 9.96. The Morgan fingerprint density at radius 3 is 2.83 bits per heavy atom. The monoisotopic (exact) mass is 186 g/mol. The molecule has 0 aromatic carbocycles. The van der Waals surface area contributed by atoms with Gasteiger partial charge < -0.3 is 5.11 Å². The summed E-state index contributed by atoms with van der Waals surface area (Å²) in [5.41, 5.74) is 0. The van der Waals surface area contributed by atoms with E-state index < -0.39 is 11.9 Å². The summed E-state index contributed by atoms with van der Waals surface area (Å²) in [7, 11) is 0. The lowest BCUT2D eigenvalue weighted by molar-refractivity contribution is -0.139. The zero-order valence-electron chi connectivity index (χ0n) is 6.16. The van der Waals surface area contributed by atoms with Gasteiger partial charge in [-0.3, -0.25) is 9.59 Å². The molecule has 0 saturated carbocycles. The molecule has 1 unspecified atom stereocenters. The van der Waals surface area contributed by atoms with Crippen molar-refractivity contribution >= 4 is 23.4 Å². The lowest BCUT2D eigenvalue weighted by Crippen LogP contribution is -2.16. The summed E-state index contributed by atoms with van der Waals surface area (Å²) < 4.78 is 0. The molecule has 0 saturated heterocycles. The molecule has 3 nitrogen and oxygen atoms in total. The predicted octanol–water partition coefficient (Wildman–Crippen LogP) is 1.34. The van der Waals surface area contributed by atoms with Gasteiger partial charge in [0.2, 0.25) is 0 Å². The Morgan fingerprint density at radius 1 is 1.67 bits per heavy atom. The number of halogens is 1. The van der Waals surface area contributed by atoms with E-state index in [1.165, 1.54) is 18.2 Å². The number of aliphatic carboxylic acids is 1. The van der Waals surface area contributed by atoms with Gasteiger partial charge in [0.1, 0.15) is 0 Å². The molecule has 1 aliphatic carbocycles. The molecule has 1 N–H and O–H groups in total. The van der Waals surface area contributed by atoms with Crippen molar-refractivity contribution in [2.45, 2.75) is 6.42 Å². The summed E-state index contributed by atoms with van der Waals surface area (Å²) in [5.74, 6) is -1.78. The number of carbonyl (C=O) groups excluding carboxylic acids is 1. The van der Waals surface area contributed by atoms with E-state index in [1.54, 1.807) is 0 Å². The van der Waals surface area contributed by atoms with E-state index in [0.717, 1.165) is 0 Å². The van der Waals surface area contributed by atoms with Crippen molar-refractivity contribution in [2.24, 2.45) is 5.92 Å². The molecule has 0 heterocycles. The topological polar surface area (TPSA) is 54.4 Å². The molecule has 12 heavy (non-hydrogen) atoms. The first-order valence-corrected chi connectivity index (χ1v) is 3.78. The van der Waals surface area contributed by atoms with Crippen LogP contribution in [0.1, 0.15) is 6.42 Å². The van der Waals surface area contributed by atoms with Gasteiger partial charge in [-0.1, -0.05) is 17.7 Å². The fourth-order valence-electron chi connectivity index (χ4n) is 0.951. The number of hydrogen-bond donors (Lipinski definition) is 1. The first kappa shape index (κ1) is 9.00. The summed E-state index contributed by atoms with van der Waals surface area (Å²) in [4.78, 5) is 21.3. The quantitative estimate of drug-likeness (QED) is 0.708. The third-order valence-electron chi connectivity index (χ3n) is 1.53. The Hall–Kier alpha value is -1.09. The van der Waals surface area contributed by atoms with Crippen LogP contribution in [0, 0.1) is 5.92 Å². The van der Waals surface area contributed by atoms with Crippen LogP contribution in [0.4, 0.5) is 0 Å². The maximum Gasteiger partial charge on any atom is 0.304 e. The van der Waals surface area contributed by atoms with E-state index in [0.29, 0.717) is 5.03 Å². The highest BCUT2D eigenvalue weighted by molar-refractivity contribution is 6.33. The Labute approximate surface area is 74.3 Å². The zero-order valence-corrected chi connectivity index (χ0v) is 6.91. The predicted molar refractivity (Wildman–Crippen MR) is 43.8 cm³/mol. The molecule has 0 aromatic rings. The molecular formula is C8H7ClO3. The first-order valence-electron chi connectivity index (χ1n) is 3.40. The normalized spacial score (nSPS) is 22.2. The second-order valence-corrected chi connectivity index (χ2v) is 2.93. The highest BCUT2D eigenvalue weighted by Gasteiger charge is 2.19. The SMILES string of the molecule is O=C(O)CC1C=CC(Cl)=CC1=O. The highest BCUT2D eigenvalue weighted by Crippen LogP contribution is 2.18. The van der Waals surface area contributed by atoms with Gasteiger partial charge in [0.15, 0.2) is 5.78 Å². The van der Waals surface area contributed by atoms with Crippen LogP contribution in [0.15, 0.2) is 23.3 Å². The average Bonchev–Trinajstić information content (AvgIpc) is 1.94. The molecule has 1 aliphatic rings. The minimum absolute atomic E-state index is 0.171. The molecular weight excluding hydrogens is 180 g/mol. The van der Waals surface area contributed by atoms with E-state index in [2.05, 4.69) is 0 Å². The summed E-state index contributed by atoms with van der Waals surface area (Å²) in [6.45, 7) is 0. The highest BCUT2D eigenvalue weighted by atomic mass is 35.5. The Morgan fingerprint density at radius 2 is 2.33 bits per heavy atom. The van der Waals surface area contributed by atoms with Crippen molar-refractivity contribution in [3.8, 4) is 0 Å². The van der Waals surface area contributed by atoms with Crippen LogP contribution in [0.5, 0.6) is 0 Å². The van der Waals surface area contributed by atoms with Crippen LogP contribution in [-0.4, -0.2) is 16.9 Å². The van der Waals surface area contributed by atoms with E-state index >= 15 is 0 Å². The van der Waals surface area contributed by atoms with Crippen LogP contribution in [-0.2, 0) is 9.59 Å². The van der Waals surface area contributed by atoms with Crippen LogP contribution >= 0.6 is 11.6 Å². The van der Waals surface area contributed by atoms with Crippen molar-refractivity contribution in [3.05, 3.63) is 23.3 Å². The van der Waals surface area contributed by atoms with Gasteiger partial charge in [0.05, 0.1) is 12.3 Å². The molecule has 0 aliphatic heterocycles. The Kier molecular flexibility index (Phi) is 2.65. The van der Waals surface area contributed by atoms with E-state index in [4.69, 9.17) is 16.7 Å². The number of rotatable bonds is 2. The smallest absolute Gasteiger partial charge is 0.304 e. The maximum absolute atomic E-state index is 11.1. The van der Waals surface area contributed by atoms with Crippen LogP contribution in [0.25, 0.3) is 0 Å². The van der Waals surface area contributed by atoms with Crippen molar-refractivity contribution < 1.29 is 14.7 Å². The number of carboxylic acids is 1. The number of carboxylic acid groups (broad SMARTS) is 1. The molecule has 0 radical (unpaired) electrons. The number of carbonyl (C=O) groups is 2. The molecule has 4 heteroatoms. The zero-order chi connectivity index (χ0) is 9.14. The molecule has 0 spiro atoms.